The molecule has 4 aliphatic heterocycles. The van der Waals surface area contributed by atoms with Gasteiger partial charge in [-0.1, -0.05) is 13.8 Å². The van der Waals surface area contributed by atoms with Gasteiger partial charge in [-0.15, -0.1) is 0 Å². The highest BCUT2D eigenvalue weighted by molar-refractivity contribution is 5.70. The number of piperidine rings is 1. The van der Waals surface area contributed by atoms with Crippen LogP contribution in [0.3, 0.4) is 0 Å². The van der Waals surface area contributed by atoms with Crippen LogP contribution in [0.25, 0.3) is 5.65 Å². The van der Waals surface area contributed by atoms with Crippen molar-refractivity contribution >= 4 is 23.6 Å². The smallest absolute Gasteiger partial charge is 0.410 e. The van der Waals surface area contributed by atoms with E-state index in [0.29, 0.717) is 38.2 Å². The molecule has 2 aromatic rings. The van der Waals surface area contributed by atoms with Crippen molar-refractivity contribution in [3.05, 3.63) is 24.2 Å². The Morgan fingerprint density at radius 2 is 2.00 bits per heavy atom. The number of nitrogens with zero attached hydrogens (tertiary/aromatic N) is 7. The fraction of sp³-hybridized carbons (Fsp3) is 0.704. The summed E-state index contributed by atoms with van der Waals surface area (Å²) in [6.07, 6.45) is 7.14. The van der Waals surface area contributed by atoms with Gasteiger partial charge in [0.2, 0.25) is 11.9 Å². The Balaban J connectivity index is 1.16. The van der Waals surface area contributed by atoms with E-state index in [1.807, 2.05) is 24.1 Å². The van der Waals surface area contributed by atoms with Gasteiger partial charge in [-0.2, -0.15) is 19.6 Å². The summed E-state index contributed by atoms with van der Waals surface area (Å²) in [4.78, 5) is 24.9. The molecular formula is C27H41N9O4. The minimum atomic E-state index is -0.203. The van der Waals surface area contributed by atoms with Crippen LogP contribution < -0.4 is 10.6 Å². The van der Waals surface area contributed by atoms with Crippen LogP contribution in [-0.2, 0) is 14.2 Å². The first kappa shape index (κ1) is 26.9. The number of carbonyl (C=O) groups excluding carboxylic acids is 1. The molecule has 4 aliphatic rings. The van der Waals surface area contributed by atoms with E-state index >= 15 is 0 Å². The topological polar surface area (TPSA) is 122 Å². The molecule has 3 fully saturated rings. The number of hydrogen-bond donors (Lipinski definition) is 2. The van der Waals surface area contributed by atoms with Gasteiger partial charge in [-0.05, 0) is 38.5 Å². The molecule has 6 heterocycles. The lowest BCUT2D eigenvalue weighted by Crippen LogP contribution is -2.61. The van der Waals surface area contributed by atoms with Crippen molar-refractivity contribution in [1.29, 1.82) is 0 Å². The maximum Gasteiger partial charge on any atom is 0.410 e. The average Bonchev–Trinajstić information content (AvgIpc) is 3.49. The molecule has 3 saturated heterocycles. The Morgan fingerprint density at radius 1 is 1.18 bits per heavy atom. The number of carbonyl (C=O) groups is 1. The molecule has 2 bridgehead atoms. The van der Waals surface area contributed by atoms with Gasteiger partial charge >= 0.3 is 6.09 Å². The molecule has 0 saturated carbocycles. The monoisotopic (exact) mass is 555 g/mol. The van der Waals surface area contributed by atoms with Gasteiger partial charge < -0.3 is 34.8 Å². The summed E-state index contributed by atoms with van der Waals surface area (Å²) in [7, 11) is 1.68. The predicted molar refractivity (Wildman–Crippen MR) is 149 cm³/mol. The Labute approximate surface area is 234 Å². The van der Waals surface area contributed by atoms with Crippen LogP contribution in [0.2, 0.25) is 0 Å². The van der Waals surface area contributed by atoms with Crippen molar-refractivity contribution in [2.45, 2.75) is 82.6 Å². The maximum absolute atomic E-state index is 13.4. The third-order valence-corrected chi connectivity index (χ3v) is 8.30. The van der Waals surface area contributed by atoms with Gasteiger partial charge in [-0.3, -0.25) is 0 Å². The molecule has 6 rings (SSSR count). The molecule has 0 spiro atoms. The molecule has 0 radical (unpaired) electrons. The van der Waals surface area contributed by atoms with Gasteiger partial charge in [0.05, 0.1) is 44.2 Å². The third kappa shape index (κ3) is 5.36. The number of amides is 1. The van der Waals surface area contributed by atoms with Gasteiger partial charge in [0, 0.05) is 31.3 Å². The van der Waals surface area contributed by atoms with Gasteiger partial charge in [-0.25, -0.2) is 9.80 Å². The Kier molecular flexibility index (Phi) is 7.58. The van der Waals surface area contributed by atoms with Crippen LogP contribution in [-0.4, -0.2) is 111 Å². The minimum absolute atomic E-state index is 0.0386. The summed E-state index contributed by atoms with van der Waals surface area (Å²) in [6, 6.07) is 2.36. The third-order valence-electron chi connectivity index (χ3n) is 8.30. The first-order valence-electron chi connectivity index (χ1n) is 14.5. The van der Waals surface area contributed by atoms with Crippen LogP contribution in [0.5, 0.6) is 0 Å². The molecular weight excluding hydrogens is 514 g/mol. The van der Waals surface area contributed by atoms with Crippen molar-refractivity contribution < 1.29 is 19.0 Å². The zero-order chi connectivity index (χ0) is 27.8. The highest BCUT2D eigenvalue weighted by Gasteiger charge is 2.47. The number of rotatable bonds is 9. The number of fused-ring (bicyclic) bond motifs is 3. The lowest BCUT2D eigenvalue weighted by Gasteiger charge is -2.46. The maximum atomic E-state index is 13.4. The molecule has 4 atom stereocenters. The number of methoxy groups -OCH3 is 1. The van der Waals surface area contributed by atoms with Crippen molar-refractivity contribution in [1.82, 2.24) is 34.5 Å². The van der Waals surface area contributed by atoms with E-state index in [4.69, 9.17) is 29.3 Å². The van der Waals surface area contributed by atoms with Crippen LogP contribution in [0.15, 0.2) is 18.5 Å². The van der Waals surface area contributed by atoms with Crippen LogP contribution in [0.4, 0.5) is 16.7 Å². The Hall–Kier alpha value is -3.32. The summed E-state index contributed by atoms with van der Waals surface area (Å²) in [5.41, 5.74) is 1.69. The highest BCUT2D eigenvalue weighted by Crippen LogP contribution is 2.38. The Morgan fingerprint density at radius 3 is 2.75 bits per heavy atom. The quantitative estimate of drug-likeness (QED) is 0.475. The number of ether oxygens (including phenoxy) is 3. The first-order chi connectivity index (χ1) is 19.4. The lowest BCUT2D eigenvalue weighted by molar-refractivity contribution is -0.129. The minimum Gasteiger partial charge on any atom is -0.498 e. The van der Waals surface area contributed by atoms with Crippen LogP contribution in [0.1, 0.15) is 58.1 Å². The van der Waals surface area contributed by atoms with Crippen molar-refractivity contribution in [2.75, 3.05) is 50.6 Å². The van der Waals surface area contributed by atoms with Gasteiger partial charge in [0.1, 0.15) is 19.0 Å². The van der Waals surface area contributed by atoms with E-state index in [1.54, 1.807) is 17.9 Å². The normalized spacial score (nSPS) is 25.7. The highest BCUT2D eigenvalue weighted by atomic mass is 16.6. The second-order valence-electron chi connectivity index (χ2n) is 11.6. The molecule has 40 heavy (non-hydrogen) atoms. The first-order valence-corrected chi connectivity index (χ1v) is 14.5. The zero-order valence-electron chi connectivity index (χ0n) is 23.8. The molecule has 2 aromatic heterocycles. The van der Waals surface area contributed by atoms with Crippen LogP contribution >= 0.6 is 0 Å². The second-order valence-corrected chi connectivity index (χ2v) is 11.6. The summed E-state index contributed by atoms with van der Waals surface area (Å²) in [6.45, 7) is 9.69. The molecule has 218 valence electrons. The second kappa shape index (κ2) is 11.3. The largest absolute Gasteiger partial charge is 0.498 e. The number of hydrazine groups is 1. The van der Waals surface area contributed by atoms with E-state index in [2.05, 4.69) is 34.5 Å². The van der Waals surface area contributed by atoms with E-state index in [1.165, 1.54) is 0 Å². The molecule has 13 heteroatoms. The molecule has 0 aromatic carbocycles. The van der Waals surface area contributed by atoms with Gasteiger partial charge in [0.25, 0.3) is 0 Å². The van der Waals surface area contributed by atoms with Crippen molar-refractivity contribution in [3.63, 3.8) is 0 Å². The fourth-order valence-electron chi connectivity index (χ4n) is 6.17. The predicted octanol–water partition coefficient (Wildman–Crippen LogP) is 2.64. The fourth-order valence-corrected chi connectivity index (χ4v) is 6.17. The van der Waals surface area contributed by atoms with E-state index in [0.717, 1.165) is 43.6 Å². The molecule has 13 nitrogen and oxygen atoms in total. The van der Waals surface area contributed by atoms with Crippen molar-refractivity contribution in [3.8, 4) is 0 Å². The zero-order valence-corrected chi connectivity index (χ0v) is 23.8. The summed E-state index contributed by atoms with van der Waals surface area (Å²) >= 11 is 0. The average molecular weight is 556 g/mol. The van der Waals surface area contributed by atoms with Gasteiger partial charge in [0.15, 0.2) is 5.65 Å². The van der Waals surface area contributed by atoms with E-state index in [9.17, 15) is 4.79 Å². The summed E-state index contributed by atoms with van der Waals surface area (Å²) in [5.74, 6) is 1.41. The van der Waals surface area contributed by atoms with Crippen LogP contribution in [0, 0.1) is 0 Å². The standard InChI is InChI=1S/C27H41N9O4/c1-17(2)22-13-24-30-25(28-18(3)16-38-4)31-26(36(24)32-22)29-21-7-5-19-6-8-23(21)35(19)27(37)40-20-14-34(15-20)33-9-11-39-12-10-33/h9,11,13,17-21,23H,5-8,10,12,14-16H2,1-4H3,(H2,28,29,30,31)/t18-,19?,21?,23?/m1/s1. The number of aromatic nitrogens is 4. The molecule has 2 N–H and O–H groups in total. The lowest BCUT2D eigenvalue weighted by atomic mass is 9.98. The Bertz CT molecular complexity index is 1230. The number of anilines is 2. The van der Waals surface area contributed by atoms with E-state index < -0.39 is 0 Å². The van der Waals surface area contributed by atoms with E-state index in [-0.39, 0.29) is 42.3 Å². The summed E-state index contributed by atoms with van der Waals surface area (Å²) in [5, 5.41) is 16.1. The SMILES string of the molecule is COC[C@@H](C)Nc1nc(NC2CCC3CCC2N3C(=O)OC2CN(N3C=COCC3)C2)n2nc(C(C)C)cc2n1. The summed E-state index contributed by atoms with van der Waals surface area (Å²) < 4.78 is 18.3. The molecule has 0 aliphatic carbocycles. The molecule has 3 unspecified atom stereocenters. The number of nitrogens with one attached hydrogen (secondary N) is 2. The van der Waals surface area contributed by atoms with Crippen molar-refractivity contribution in [2.24, 2.45) is 0 Å². The number of hydrogen-bond acceptors (Lipinski definition) is 11. The molecule has 1 amide bonds.